The lowest BCUT2D eigenvalue weighted by Crippen LogP contribution is -2.18. The second-order valence-electron chi connectivity index (χ2n) is 5.20. The first-order valence-electron chi connectivity index (χ1n) is 7.52. The summed E-state index contributed by atoms with van der Waals surface area (Å²) in [6, 6.07) is 0. The summed E-state index contributed by atoms with van der Waals surface area (Å²) in [5, 5.41) is 3.53. The topological polar surface area (TPSA) is 12.0 Å². The molecule has 0 aromatic carbocycles. The van der Waals surface area contributed by atoms with E-state index in [4.69, 9.17) is 0 Å². The van der Waals surface area contributed by atoms with Crippen LogP contribution in [0, 0.1) is 5.92 Å². The summed E-state index contributed by atoms with van der Waals surface area (Å²) in [6.45, 7) is 9.36. The van der Waals surface area contributed by atoms with Crippen molar-refractivity contribution < 1.29 is 0 Å². The van der Waals surface area contributed by atoms with Crippen LogP contribution in [0.15, 0.2) is 0 Å². The molecule has 0 heterocycles. The first-order chi connectivity index (χ1) is 7.81. The average Bonchev–Trinajstić information content (AvgIpc) is 2.28. The van der Waals surface area contributed by atoms with Gasteiger partial charge in [0.05, 0.1) is 0 Å². The summed E-state index contributed by atoms with van der Waals surface area (Å²) in [5.41, 5.74) is 0. The van der Waals surface area contributed by atoms with Gasteiger partial charge in [-0.25, -0.2) is 0 Å². The smallest absolute Gasteiger partial charge is 0.00464 e. The van der Waals surface area contributed by atoms with Crippen LogP contribution in [0.5, 0.6) is 0 Å². The van der Waals surface area contributed by atoms with Gasteiger partial charge in [-0.2, -0.15) is 0 Å². The Balaban J connectivity index is 3.09. The predicted molar refractivity (Wildman–Crippen MR) is 74.9 cm³/mol. The van der Waals surface area contributed by atoms with E-state index in [-0.39, 0.29) is 0 Å². The van der Waals surface area contributed by atoms with Crippen LogP contribution in [0.1, 0.15) is 78.6 Å². The predicted octanol–water partition coefficient (Wildman–Crippen LogP) is 4.76. The van der Waals surface area contributed by atoms with E-state index < -0.39 is 0 Å². The van der Waals surface area contributed by atoms with E-state index in [2.05, 4.69) is 26.1 Å². The van der Waals surface area contributed by atoms with Gasteiger partial charge < -0.3 is 5.32 Å². The molecule has 1 nitrogen and oxygen atoms in total. The van der Waals surface area contributed by atoms with Gasteiger partial charge >= 0.3 is 0 Å². The second kappa shape index (κ2) is 13.0. The second-order valence-corrected chi connectivity index (χ2v) is 5.20. The third kappa shape index (κ3) is 12.0. The molecule has 16 heavy (non-hydrogen) atoms. The van der Waals surface area contributed by atoms with E-state index in [0.29, 0.717) is 0 Å². The number of unbranched alkanes of at least 4 members (excludes halogenated alkanes) is 5. The fraction of sp³-hybridized carbons (Fsp3) is 1.00. The lowest BCUT2D eigenvalue weighted by molar-refractivity contribution is 0.442. The molecule has 0 saturated heterocycles. The van der Waals surface area contributed by atoms with Gasteiger partial charge in [0.15, 0.2) is 0 Å². The van der Waals surface area contributed by atoms with Crippen LogP contribution in [0.25, 0.3) is 0 Å². The highest BCUT2D eigenvalue weighted by Gasteiger charge is 2.01. The summed E-state index contributed by atoms with van der Waals surface area (Å²) >= 11 is 0. The third-order valence-electron chi connectivity index (χ3n) is 3.32. The fourth-order valence-electron chi connectivity index (χ4n) is 2.02. The van der Waals surface area contributed by atoms with Gasteiger partial charge in [0.25, 0.3) is 0 Å². The number of rotatable bonds is 12. The maximum Gasteiger partial charge on any atom is -0.00464 e. The Morgan fingerprint density at radius 2 is 1.44 bits per heavy atom. The van der Waals surface area contributed by atoms with Crippen molar-refractivity contribution in [2.75, 3.05) is 13.1 Å². The van der Waals surface area contributed by atoms with E-state index in [1.807, 2.05) is 0 Å². The van der Waals surface area contributed by atoms with Crippen molar-refractivity contribution in [2.24, 2.45) is 5.92 Å². The zero-order valence-electron chi connectivity index (χ0n) is 11.9. The van der Waals surface area contributed by atoms with Crippen molar-refractivity contribution in [3.8, 4) is 0 Å². The molecule has 0 spiro atoms. The van der Waals surface area contributed by atoms with E-state index in [1.54, 1.807) is 0 Å². The van der Waals surface area contributed by atoms with Crippen LogP contribution in [0.4, 0.5) is 0 Å². The zero-order valence-corrected chi connectivity index (χ0v) is 11.9. The fourth-order valence-corrected chi connectivity index (χ4v) is 2.02. The summed E-state index contributed by atoms with van der Waals surface area (Å²) in [4.78, 5) is 0. The van der Waals surface area contributed by atoms with Gasteiger partial charge in [0, 0.05) is 0 Å². The van der Waals surface area contributed by atoms with E-state index in [0.717, 1.165) is 5.92 Å². The van der Waals surface area contributed by atoms with Gasteiger partial charge in [-0.15, -0.1) is 0 Å². The Kier molecular flexibility index (Phi) is 13.0. The average molecular weight is 227 g/mol. The Morgan fingerprint density at radius 3 is 2.12 bits per heavy atom. The minimum absolute atomic E-state index is 0.913. The molecule has 0 aromatic heterocycles. The highest BCUT2D eigenvalue weighted by Crippen LogP contribution is 2.13. The molecule has 0 aliphatic heterocycles. The van der Waals surface area contributed by atoms with Crippen LogP contribution in [-0.4, -0.2) is 13.1 Å². The van der Waals surface area contributed by atoms with Crippen LogP contribution in [0.3, 0.4) is 0 Å². The molecule has 1 atom stereocenters. The van der Waals surface area contributed by atoms with E-state index >= 15 is 0 Å². The quantitative estimate of drug-likeness (QED) is 0.474. The van der Waals surface area contributed by atoms with Crippen LogP contribution in [-0.2, 0) is 0 Å². The molecule has 0 saturated carbocycles. The first-order valence-corrected chi connectivity index (χ1v) is 7.52. The maximum atomic E-state index is 3.53. The highest BCUT2D eigenvalue weighted by molar-refractivity contribution is 4.57. The van der Waals surface area contributed by atoms with Gasteiger partial charge in [-0.05, 0) is 31.8 Å². The molecular weight excluding hydrogens is 194 g/mol. The summed E-state index contributed by atoms with van der Waals surface area (Å²) < 4.78 is 0. The number of nitrogens with one attached hydrogen (secondary N) is 1. The molecule has 0 aliphatic rings. The molecule has 0 rings (SSSR count). The van der Waals surface area contributed by atoms with Crippen LogP contribution < -0.4 is 5.32 Å². The minimum atomic E-state index is 0.913. The molecular formula is C15H33N. The monoisotopic (exact) mass is 227 g/mol. The normalized spacial score (nSPS) is 12.9. The SMILES string of the molecule is CCCCCCCC(C)CCNCCCC. The standard InChI is InChI=1S/C15H33N/c1-4-6-8-9-10-11-15(3)12-14-16-13-7-5-2/h15-16H,4-14H2,1-3H3. The summed E-state index contributed by atoms with van der Waals surface area (Å²) in [5.74, 6) is 0.913. The Morgan fingerprint density at radius 1 is 0.750 bits per heavy atom. The van der Waals surface area contributed by atoms with Gasteiger partial charge in [0.1, 0.15) is 0 Å². The molecule has 0 aromatic rings. The molecule has 0 bridgehead atoms. The number of hydrogen-bond donors (Lipinski definition) is 1. The van der Waals surface area contributed by atoms with Crippen LogP contribution >= 0.6 is 0 Å². The maximum absolute atomic E-state index is 3.53. The van der Waals surface area contributed by atoms with Crippen molar-refractivity contribution in [1.82, 2.24) is 5.32 Å². The Bertz CT molecular complexity index is 109. The molecule has 0 amide bonds. The van der Waals surface area contributed by atoms with Crippen LogP contribution in [0.2, 0.25) is 0 Å². The zero-order chi connectivity index (χ0) is 12.1. The lowest BCUT2D eigenvalue weighted by Gasteiger charge is -2.11. The van der Waals surface area contributed by atoms with Crippen molar-refractivity contribution in [3.63, 3.8) is 0 Å². The molecule has 0 radical (unpaired) electrons. The summed E-state index contributed by atoms with van der Waals surface area (Å²) in [7, 11) is 0. The first kappa shape index (κ1) is 16.0. The van der Waals surface area contributed by atoms with Crippen molar-refractivity contribution >= 4 is 0 Å². The molecule has 1 N–H and O–H groups in total. The van der Waals surface area contributed by atoms with Gasteiger partial charge in [-0.1, -0.05) is 65.7 Å². The molecule has 0 fully saturated rings. The van der Waals surface area contributed by atoms with E-state index in [1.165, 1.54) is 70.9 Å². The van der Waals surface area contributed by atoms with Gasteiger partial charge in [-0.3, -0.25) is 0 Å². The van der Waals surface area contributed by atoms with E-state index in [9.17, 15) is 0 Å². The lowest BCUT2D eigenvalue weighted by atomic mass is 9.99. The number of hydrogen-bond acceptors (Lipinski definition) is 1. The molecule has 0 aliphatic carbocycles. The molecule has 1 heteroatoms. The third-order valence-corrected chi connectivity index (χ3v) is 3.32. The molecule has 98 valence electrons. The largest absolute Gasteiger partial charge is 0.317 e. The van der Waals surface area contributed by atoms with Crippen molar-refractivity contribution in [2.45, 2.75) is 78.6 Å². The van der Waals surface area contributed by atoms with Crippen molar-refractivity contribution in [3.05, 3.63) is 0 Å². The molecule has 1 unspecified atom stereocenters. The minimum Gasteiger partial charge on any atom is -0.317 e. The highest BCUT2D eigenvalue weighted by atomic mass is 14.8. The Hall–Kier alpha value is -0.0400. The van der Waals surface area contributed by atoms with Gasteiger partial charge in [0.2, 0.25) is 0 Å². The summed E-state index contributed by atoms with van der Waals surface area (Å²) in [6.07, 6.45) is 12.5. The Labute approximate surface area is 103 Å². The van der Waals surface area contributed by atoms with Crippen molar-refractivity contribution in [1.29, 1.82) is 0 Å².